The van der Waals surface area contributed by atoms with Crippen LogP contribution in [0.5, 0.6) is 0 Å². The molecule has 0 saturated heterocycles. The normalized spacial score (nSPS) is 9.36. The Morgan fingerprint density at radius 2 is 1.36 bits per heavy atom. The number of rotatable bonds is 3. The fourth-order valence-electron chi connectivity index (χ4n) is 1.88. The van der Waals surface area contributed by atoms with E-state index in [2.05, 4.69) is 23.7 Å². The number of halogens is 1. The highest BCUT2D eigenvalue weighted by atomic mass is 19.1. The average molecular weight is 292 g/mol. The fourth-order valence-corrected chi connectivity index (χ4v) is 1.88. The molecule has 0 aromatic heterocycles. The van der Waals surface area contributed by atoms with Crippen LogP contribution in [0, 0.1) is 29.5 Å². The highest BCUT2D eigenvalue weighted by Crippen LogP contribution is 2.08. The number of aliphatic hydroxyl groups is 1. The second-order valence-corrected chi connectivity index (χ2v) is 4.76. The van der Waals surface area contributed by atoms with Crippen LogP contribution in [0.4, 0.5) is 4.39 Å². The van der Waals surface area contributed by atoms with E-state index in [0.717, 1.165) is 30.4 Å². The largest absolute Gasteiger partial charge is 0.396 e. The van der Waals surface area contributed by atoms with Crippen LogP contribution in [0.1, 0.15) is 36.0 Å². The summed E-state index contributed by atoms with van der Waals surface area (Å²) in [5.74, 6) is 11.7. The number of unbranched alkanes of at least 4 members (excludes halogenated alkanes) is 2. The van der Waals surface area contributed by atoms with E-state index >= 15 is 0 Å². The molecule has 1 N–H and O–H groups in total. The Bertz CT molecular complexity index is 741. The van der Waals surface area contributed by atoms with Gasteiger partial charge in [-0.05, 0) is 37.1 Å². The molecule has 0 aliphatic heterocycles. The van der Waals surface area contributed by atoms with E-state index in [1.807, 2.05) is 24.3 Å². The van der Waals surface area contributed by atoms with Crippen molar-refractivity contribution in [3.8, 4) is 23.7 Å². The van der Waals surface area contributed by atoms with Gasteiger partial charge in [0.15, 0.2) is 0 Å². The Hall–Kier alpha value is -2.55. The minimum Gasteiger partial charge on any atom is -0.396 e. The fraction of sp³-hybridized carbons (Fsp3) is 0.200. The Kier molecular flexibility index (Phi) is 6.24. The van der Waals surface area contributed by atoms with Crippen LogP contribution in [0.3, 0.4) is 0 Å². The number of hydrogen-bond donors (Lipinski definition) is 1. The van der Waals surface area contributed by atoms with Crippen LogP contribution in [0.25, 0.3) is 0 Å². The summed E-state index contributed by atoms with van der Waals surface area (Å²) in [6, 6.07) is 14.1. The minimum absolute atomic E-state index is 0.201. The molecule has 0 heterocycles. The van der Waals surface area contributed by atoms with Crippen molar-refractivity contribution < 1.29 is 9.50 Å². The molecule has 0 saturated carbocycles. The molecule has 110 valence electrons. The maximum absolute atomic E-state index is 13.6. The summed E-state index contributed by atoms with van der Waals surface area (Å²) < 4.78 is 13.6. The highest BCUT2D eigenvalue weighted by molar-refractivity contribution is 5.52. The van der Waals surface area contributed by atoms with Gasteiger partial charge in [-0.3, -0.25) is 0 Å². The molecule has 0 atom stereocenters. The molecule has 2 rings (SSSR count). The van der Waals surface area contributed by atoms with Crippen LogP contribution in [0.2, 0.25) is 0 Å². The number of hydrogen-bond acceptors (Lipinski definition) is 1. The molecule has 1 nitrogen and oxygen atoms in total. The lowest BCUT2D eigenvalue weighted by Crippen LogP contribution is -1.85. The lowest BCUT2D eigenvalue weighted by Gasteiger charge is -1.96. The predicted molar refractivity (Wildman–Crippen MR) is 86.6 cm³/mol. The van der Waals surface area contributed by atoms with Crippen LogP contribution in [0.15, 0.2) is 48.5 Å². The van der Waals surface area contributed by atoms with Crippen molar-refractivity contribution >= 4 is 0 Å². The summed E-state index contributed by atoms with van der Waals surface area (Å²) in [6.07, 6.45) is 2.39. The van der Waals surface area contributed by atoms with Gasteiger partial charge in [0.05, 0.1) is 5.56 Å². The van der Waals surface area contributed by atoms with E-state index in [4.69, 9.17) is 5.11 Å². The maximum Gasteiger partial charge on any atom is 0.138 e. The van der Waals surface area contributed by atoms with Crippen molar-refractivity contribution in [2.24, 2.45) is 0 Å². The lowest BCUT2D eigenvalue weighted by molar-refractivity contribution is 0.285. The van der Waals surface area contributed by atoms with Gasteiger partial charge < -0.3 is 5.11 Å². The number of benzene rings is 2. The predicted octanol–water partition coefficient (Wildman–Crippen LogP) is 3.74. The summed E-state index contributed by atoms with van der Waals surface area (Å²) in [4.78, 5) is 0. The molecule has 0 amide bonds. The van der Waals surface area contributed by atoms with Crippen molar-refractivity contribution in [1.29, 1.82) is 0 Å². The molecule has 2 aromatic carbocycles. The Morgan fingerprint density at radius 1 is 0.773 bits per heavy atom. The topological polar surface area (TPSA) is 20.2 Å². The van der Waals surface area contributed by atoms with Gasteiger partial charge in [0.2, 0.25) is 0 Å². The average Bonchev–Trinajstić information content (AvgIpc) is 2.55. The van der Waals surface area contributed by atoms with Crippen molar-refractivity contribution in [3.63, 3.8) is 0 Å². The van der Waals surface area contributed by atoms with Crippen LogP contribution >= 0.6 is 0 Å². The molecule has 0 unspecified atom stereocenters. The van der Waals surface area contributed by atoms with Crippen LogP contribution in [-0.2, 0) is 0 Å². The zero-order valence-electron chi connectivity index (χ0n) is 12.3. The van der Waals surface area contributed by atoms with E-state index in [1.54, 1.807) is 18.2 Å². The molecule has 2 aromatic rings. The first kappa shape index (κ1) is 15.8. The quantitative estimate of drug-likeness (QED) is 0.675. The van der Waals surface area contributed by atoms with Gasteiger partial charge in [-0.2, -0.15) is 0 Å². The van der Waals surface area contributed by atoms with E-state index in [1.165, 1.54) is 6.07 Å². The maximum atomic E-state index is 13.6. The first-order valence-corrected chi connectivity index (χ1v) is 7.26. The van der Waals surface area contributed by atoms with E-state index in [0.29, 0.717) is 5.56 Å². The zero-order valence-corrected chi connectivity index (χ0v) is 12.3. The van der Waals surface area contributed by atoms with Gasteiger partial charge in [-0.1, -0.05) is 47.9 Å². The smallest absolute Gasteiger partial charge is 0.138 e. The number of aliphatic hydroxyl groups excluding tert-OH is 1. The Balaban J connectivity index is 2.17. The highest BCUT2D eigenvalue weighted by Gasteiger charge is 1.97. The molecule has 0 aliphatic rings. The summed E-state index contributed by atoms with van der Waals surface area (Å²) in [5, 5.41) is 8.73. The lowest BCUT2D eigenvalue weighted by atomic mass is 10.1. The third-order valence-corrected chi connectivity index (χ3v) is 3.07. The molecular formula is C20H17FO. The summed E-state index contributed by atoms with van der Waals surface area (Å²) in [7, 11) is 0. The Labute approximate surface area is 130 Å². The molecule has 2 heteroatoms. The van der Waals surface area contributed by atoms with Gasteiger partial charge in [0, 0.05) is 24.2 Å². The minimum atomic E-state index is -0.317. The molecule has 0 aliphatic carbocycles. The van der Waals surface area contributed by atoms with Crippen LogP contribution < -0.4 is 0 Å². The van der Waals surface area contributed by atoms with E-state index < -0.39 is 0 Å². The SMILES string of the molecule is OCCCCC#Cc1ccccc1C#Cc1ccccc1F. The molecule has 22 heavy (non-hydrogen) atoms. The molecule has 0 fully saturated rings. The first-order chi connectivity index (χ1) is 10.8. The van der Waals surface area contributed by atoms with Gasteiger partial charge in [0.25, 0.3) is 0 Å². The summed E-state index contributed by atoms with van der Waals surface area (Å²) in [6.45, 7) is 0.201. The molecule has 0 radical (unpaired) electrons. The first-order valence-electron chi connectivity index (χ1n) is 7.26. The van der Waals surface area contributed by atoms with Crippen molar-refractivity contribution in [1.82, 2.24) is 0 Å². The second kappa shape index (κ2) is 8.67. The second-order valence-electron chi connectivity index (χ2n) is 4.76. The monoisotopic (exact) mass is 292 g/mol. The Morgan fingerprint density at radius 3 is 2.05 bits per heavy atom. The van der Waals surface area contributed by atoms with E-state index in [9.17, 15) is 4.39 Å². The molecule has 0 spiro atoms. The third kappa shape index (κ3) is 4.77. The zero-order chi connectivity index (χ0) is 15.6. The van der Waals surface area contributed by atoms with Crippen molar-refractivity contribution in [2.45, 2.75) is 19.3 Å². The van der Waals surface area contributed by atoms with Crippen LogP contribution in [-0.4, -0.2) is 11.7 Å². The summed E-state index contributed by atoms with van der Waals surface area (Å²) >= 11 is 0. The molecular weight excluding hydrogens is 275 g/mol. The third-order valence-electron chi connectivity index (χ3n) is 3.07. The van der Waals surface area contributed by atoms with E-state index in [-0.39, 0.29) is 12.4 Å². The summed E-state index contributed by atoms with van der Waals surface area (Å²) in [5.41, 5.74) is 2.02. The van der Waals surface area contributed by atoms with Gasteiger partial charge in [-0.15, -0.1) is 0 Å². The van der Waals surface area contributed by atoms with Gasteiger partial charge in [0.1, 0.15) is 5.82 Å². The standard InChI is InChI=1S/C20H17FO/c21-20-13-7-6-12-19(20)15-14-18-11-5-4-10-17(18)9-3-1-2-8-16-22/h4-7,10-13,22H,1-2,8,16H2. The molecule has 0 bridgehead atoms. The van der Waals surface area contributed by atoms with Gasteiger partial charge in [-0.25, -0.2) is 4.39 Å². The van der Waals surface area contributed by atoms with Gasteiger partial charge >= 0.3 is 0 Å². The van der Waals surface area contributed by atoms with Crippen molar-refractivity contribution in [2.75, 3.05) is 6.61 Å². The van der Waals surface area contributed by atoms with Crippen molar-refractivity contribution in [3.05, 3.63) is 71.0 Å².